The molecular formula is C19H24O2. The molecule has 0 saturated heterocycles. The highest BCUT2D eigenvalue weighted by Crippen LogP contribution is 2.53. The molecule has 1 aliphatic heterocycles. The van der Waals surface area contributed by atoms with Gasteiger partial charge >= 0.3 is 0 Å². The van der Waals surface area contributed by atoms with E-state index in [1.54, 1.807) is 0 Å². The molecule has 3 atom stereocenters. The predicted molar refractivity (Wildman–Crippen MR) is 82.7 cm³/mol. The van der Waals surface area contributed by atoms with Gasteiger partial charge in [0.15, 0.2) is 5.79 Å². The lowest BCUT2D eigenvalue weighted by Crippen LogP contribution is -2.46. The largest absolute Gasteiger partial charge is 0.362 e. The molecule has 1 aromatic rings. The monoisotopic (exact) mass is 284 g/mol. The summed E-state index contributed by atoms with van der Waals surface area (Å²) in [6.07, 6.45) is 9.02. The van der Waals surface area contributed by atoms with Gasteiger partial charge in [-0.25, -0.2) is 0 Å². The van der Waals surface area contributed by atoms with Crippen molar-refractivity contribution >= 4 is 0 Å². The van der Waals surface area contributed by atoms with Crippen LogP contribution in [0.15, 0.2) is 41.5 Å². The first-order chi connectivity index (χ1) is 10.3. The number of fused-ring (bicyclic) bond motifs is 2. The van der Waals surface area contributed by atoms with E-state index in [4.69, 9.17) is 4.74 Å². The Labute approximate surface area is 126 Å². The standard InChI is InChI=1S/C19H24O2/c20-19-13-7-6-12-17(19)15-10-4-5-11-16(15)18(21-19)14-8-2-1-3-9-14/h1-3,8-9,16,18,20H,4-7,10-13H2/t16-,18-,19-/m0/s1. The molecule has 0 aromatic heterocycles. The summed E-state index contributed by atoms with van der Waals surface area (Å²) in [4.78, 5) is 0. The van der Waals surface area contributed by atoms with Crippen molar-refractivity contribution in [1.29, 1.82) is 0 Å². The van der Waals surface area contributed by atoms with Gasteiger partial charge in [0.2, 0.25) is 0 Å². The predicted octanol–water partition coefficient (Wildman–Crippen LogP) is 4.51. The van der Waals surface area contributed by atoms with Gasteiger partial charge in [0.25, 0.3) is 0 Å². The van der Waals surface area contributed by atoms with Gasteiger partial charge in [0.05, 0.1) is 6.10 Å². The van der Waals surface area contributed by atoms with Crippen molar-refractivity contribution in [2.45, 2.75) is 63.3 Å². The molecule has 0 radical (unpaired) electrons. The van der Waals surface area contributed by atoms with Gasteiger partial charge in [-0.3, -0.25) is 0 Å². The Balaban J connectivity index is 1.79. The van der Waals surface area contributed by atoms with Crippen molar-refractivity contribution in [3.05, 3.63) is 47.0 Å². The Morgan fingerprint density at radius 1 is 1.00 bits per heavy atom. The molecule has 0 unspecified atom stereocenters. The maximum atomic E-state index is 11.1. The van der Waals surface area contributed by atoms with Gasteiger partial charge in [-0.05, 0) is 49.7 Å². The van der Waals surface area contributed by atoms with Gasteiger partial charge in [-0.15, -0.1) is 0 Å². The summed E-state index contributed by atoms with van der Waals surface area (Å²) < 4.78 is 6.33. The molecule has 1 N–H and O–H groups in total. The van der Waals surface area contributed by atoms with E-state index in [-0.39, 0.29) is 6.10 Å². The molecule has 21 heavy (non-hydrogen) atoms. The first kappa shape index (κ1) is 13.5. The average molecular weight is 284 g/mol. The van der Waals surface area contributed by atoms with Gasteiger partial charge < -0.3 is 9.84 Å². The quantitative estimate of drug-likeness (QED) is 0.769. The van der Waals surface area contributed by atoms with Crippen molar-refractivity contribution in [3.8, 4) is 0 Å². The normalized spacial score (nSPS) is 36.0. The summed E-state index contributed by atoms with van der Waals surface area (Å²) in [6.45, 7) is 0. The summed E-state index contributed by atoms with van der Waals surface area (Å²) in [7, 11) is 0. The second kappa shape index (κ2) is 5.26. The molecule has 2 heteroatoms. The van der Waals surface area contributed by atoms with Crippen LogP contribution in [0.2, 0.25) is 0 Å². The van der Waals surface area contributed by atoms with E-state index in [9.17, 15) is 5.11 Å². The van der Waals surface area contributed by atoms with Crippen LogP contribution in [0, 0.1) is 5.92 Å². The number of benzene rings is 1. The molecule has 2 aliphatic carbocycles. The maximum absolute atomic E-state index is 11.1. The van der Waals surface area contributed by atoms with Crippen LogP contribution in [0.5, 0.6) is 0 Å². The minimum atomic E-state index is -0.984. The van der Waals surface area contributed by atoms with E-state index in [0.29, 0.717) is 5.92 Å². The smallest absolute Gasteiger partial charge is 0.189 e. The van der Waals surface area contributed by atoms with Crippen LogP contribution in [-0.2, 0) is 4.74 Å². The highest BCUT2D eigenvalue weighted by molar-refractivity contribution is 5.33. The zero-order valence-electron chi connectivity index (χ0n) is 12.6. The molecule has 1 aromatic carbocycles. The summed E-state index contributed by atoms with van der Waals surface area (Å²) in [5.74, 6) is -0.503. The lowest BCUT2D eigenvalue weighted by molar-refractivity contribution is -0.238. The summed E-state index contributed by atoms with van der Waals surface area (Å²) >= 11 is 0. The van der Waals surface area contributed by atoms with E-state index < -0.39 is 5.79 Å². The first-order valence-corrected chi connectivity index (χ1v) is 8.45. The van der Waals surface area contributed by atoms with E-state index in [2.05, 4.69) is 24.3 Å². The Morgan fingerprint density at radius 3 is 2.67 bits per heavy atom. The van der Waals surface area contributed by atoms with Gasteiger partial charge in [0.1, 0.15) is 0 Å². The third-order valence-corrected chi connectivity index (χ3v) is 5.53. The summed E-state index contributed by atoms with van der Waals surface area (Å²) in [6, 6.07) is 10.5. The molecule has 2 saturated carbocycles. The number of ether oxygens (including phenoxy) is 1. The Kier molecular flexibility index (Phi) is 3.39. The molecule has 4 rings (SSSR count). The van der Waals surface area contributed by atoms with E-state index in [0.717, 1.165) is 25.7 Å². The van der Waals surface area contributed by atoms with Crippen molar-refractivity contribution < 1.29 is 9.84 Å². The van der Waals surface area contributed by atoms with Crippen molar-refractivity contribution in [2.24, 2.45) is 5.92 Å². The molecule has 3 aliphatic rings. The minimum absolute atomic E-state index is 0.0355. The minimum Gasteiger partial charge on any atom is -0.362 e. The number of rotatable bonds is 1. The third kappa shape index (κ3) is 2.25. The van der Waals surface area contributed by atoms with Crippen LogP contribution in [0.25, 0.3) is 0 Å². The van der Waals surface area contributed by atoms with Crippen molar-refractivity contribution in [1.82, 2.24) is 0 Å². The molecule has 0 spiro atoms. The number of hydrogen-bond donors (Lipinski definition) is 1. The summed E-state index contributed by atoms with van der Waals surface area (Å²) in [5, 5.41) is 11.1. The fourth-order valence-electron chi connectivity index (χ4n) is 4.54. The molecule has 0 bridgehead atoms. The van der Waals surface area contributed by atoms with Crippen LogP contribution >= 0.6 is 0 Å². The second-order valence-corrected chi connectivity index (χ2v) is 6.80. The maximum Gasteiger partial charge on any atom is 0.189 e. The van der Waals surface area contributed by atoms with Crippen LogP contribution in [0.3, 0.4) is 0 Å². The Bertz CT molecular complexity index is 548. The SMILES string of the molecule is O[C@]12CCCCC1=C1CCCC[C@@H]1[C@H](c1ccccc1)O2. The van der Waals surface area contributed by atoms with Gasteiger partial charge in [-0.2, -0.15) is 0 Å². The van der Waals surface area contributed by atoms with Gasteiger partial charge in [-0.1, -0.05) is 42.3 Å². The third-order valence-electron chi connectivity index (χ3n) is 5.53. The van der Waals surface area contributed by atoms with Crippen LogP contribution in [0.4, 0.5) is 0 Å². The first-order valence-electron chi connectivity index (χ1n) is 8.45. The highest BCUT2D eigenvalue weighted by Gasteiger charge is 2.47. The molecule has 2 nitrogen and oxygen atoms in total. The van der Waals surface area contributed by atoms with E-state index in [1.807, 2.05) is 6.07 Å². The van der Waals surface area contributed by atoms with Crippen molar-refractivity contribution in [2.75, 3.05) is 0 Å². The van der Waals surface area contributed by atoms with E-state index in [1.165, 1.54) is 42.4 Å². The Morgan fingerprint density at radius 2 is 1.81 bits per heavy atom. The molecule has 0 amide bonds. The summed E-state index contributed by atoms with van der Waals surface area (Å²) in [5.41, 5.74) is 3.99. The average Bonchev–Trinajstić information content (AvgIpc) is 2.54. The lowest BCUT2D eigenvalue weighted by atomic mass is 9.70. The fourth-order valence-corrected chi connectivity index (χ4v) is 4.54. The van der Waals surface area contributed by atoms with Crippen LogP contribution in [0.1, 0.15) is 63.0 Å². The fraction of sp³-hybridized carbons (Fsp3) is 0.579. The topological polar surface area (TPSA) is 29.5 Å². The molecular weight excluding hydrogens is 260 g/mol. The van der Waals surface area contributed by atoms with Gasteiger partial charge in [0, 0.05) is 12.3 Å². The second-order valence-electron chi connectivity index (χ2n) is 6.80. The van der Waals surface area contributed by atoms with Crippen molar-refractivity contribution in [3.63, 3.8) is 0 Å². The molecule has 2 fully saturated rings. The number of hydrogen-bond acceptors (Lipinski definition) is 2. The van der Waals surface area contributed by atoms with Crippen LogP contribution < -0.4 is 0 Å². The van der Waals surface area contributed by atoms with Crippen LogP contribution in [-0.4, -0.2) is 10.9 Å². The highest BCUT2D eigenvalue weighted by atomic mass is 16.6. The molecule has 1 heterocycles. The lowest BCUT2D eigenvalue weighted by Gasteiger charge is -2.48. The zero-order valence-corrected chi connectivity index (χ0v) is 12.6. The van der Waals surface area contributed by atoms with E-state index >= 15 is 0 Å². The Hall–Kier alpha value is -1.12. The number of aliphatic hydroxyl groups is 1. The molecule has 112 valence electrons. The zero-order chi connectivity index (χ0) is 14.3.